The molecule has 2 aromatic carbocycles. The maximum absolute atomic E-state index is 12.5. The van der Waals surface area contributed by atoms with Gasteiger partial charge in [-0.15, -0.1) is 0 Å². The summed E-state index contributed by atoms with van der Waals surface area (Å²) in [5, 5.41) is 0.466. The molecule has 1 aromatic heterocycles. The van der Waals surface area contributed by atoms with E-state index in [2.05, 4.69) is 9.97 Å². The van der Waals surface area contributed by atoms with Gasteiger partial charge in [-0.1, -0.05) is 11.8 Å². The first-order valence-corrected chi connectivity index (χ1v) is 8.37. The first-order chi connectivity index (χ1) is 11.6. The molecule has 24 heavy (non-hydrogen) atoms. The Morgan fingerprint density at radius 3 is 2.42 bits per heavy atom. The molecule has 1 atom stereocenters. The number of rotatable bonds is 6. The van der Waals surface area contributed by atoms with E-state index in [-0.39, 0.29) is 11.0 Å². The van der Waals surface area contributed by atoms with Crippen molar-refractivity contribution in [3.63, 3.8) is 0 Å². The number of hydrogen-bond donors (Lipinski definition) is 1. The first-order valence-electron chi connectivity index (χ1n) is 7.49. The molecule has 0 fully saturated rings. The van der Waals surface area contributed by atoms with Gasteiger partial charge in [0.1, 0.15) is 11.5 Å². The highest BCUT2D eigenvalue weighted by Crippen LogP contribution is 2.27. The second kappa shape index (κ2) is 6.97. The van der Waals surface area contributed by atoms with E-state index in [4.69, 9.17) is 9.47 Å². The molecule has 1 heterocycles. The molecular weight excluding hydrogens is 324 g/mol. The number of nitrogens with one attached hydrogen (secondary N) is 1. The Kier molecular flexibility index (Phi) is 4.76. The zero-order chi connectivity index (χ0) is 17.1. The summed E-state index contributed by atoms with van der Waals surface area (Å²) in [6.45, 7) is 1.88. The molecule has 5 nitrogen and oxygen atoms in total. The fraction of sp³-hybridized carbons (Fsp3) is 0.222. The smallest absolute Gasteiger partial charge is 0.175 e. The number of hydrogen-bond acceptors (Lipinski definition) is 5. The molecule has 0 aliphatic rings. The molecule has 124 valence electrons. The highest BCUT2D eigenvalue weighted by Gasteiger charge is 2.18. The van der Waals surface area contributed by atoms with Crippen LogP contribution >= 0.6 is 11.8 Å². The van der Waals surface area contributed by atoms with Crippen LogP contribution in [-0.2, 0) is 0 Å². The van der Waals surface area contributed by atoms with Gasteiger partial charge in [-0.3, -0.25) is 4.79 Å². The van der Waals surface area contributed by atoms with Crippen LogP contribution in [0.25, 0.3) is 11.0 Å². The van der Waals surface area contributed by atoms with E-state index in [1.807, 2.05) is 25.1 Å². The number of carbonyl (C=O) groups is 1. The van der Waals surface area contributed by atoms with Crippen molar-refractivity contribution in [3.8, 4) is 11.5 Å². The van der Waals surface area contributed by atoms with Crippen LogP contribution in [-0.4, -0.2) is 35.2 Å². The first kappa shape index (κ1) is 16.4. The highest BCUT2D eigenvalue weighted by molar-refractivity contribution is 8.00. The van der Waals surface area contributed by atoms with Crippen molar-refractivity contribution in [2.45, 2.75) is 17.3 Å². The molecule has 1 unspecified atom stereocenters. The zero-order valence-electron chi connectivity index (χ0n) is 13.7. The van der Waals surface area contributed by atoms with Gasteiger partial charge in [-0.05, 0) is 43.3 Å². The SMILES string of the molecule is COc1ccc(C(=O)C(C)Sc2nc3ccc(OC)cc3[nH]2)cc1. The van der Waals surface area contributed by atoms with Gasteiger partial charge in [-0.2, -0.15) is 0 Å². The van der Waals surface area contributed by atoms with Crippen LogP contribution in [0, 0.1) is 0 Å². The van der Waals surface area contributed by atoms with Gasteiger partial charge in [0, 0.05) is 11.6 Å². The fourth-order valence-electron chi connectivity index (χ4n) is 2.36. The highest BCUT2D eigenvalue weighted by atomic mass is 32.2. The third-order valence-electron chi connectivity index (χ3n) is 3.70. The van der Waals surface area contributed by atoms with Crippen molar-refractivity contribution in [2.75, 3.05) is 14.2 Å². The van der Waals surface area contributed by atoms with E-state index >= 15 is 0 Å². The number of benzene rings is 2. The lowest BCUT2D eigenvalue weighted by Gasteiger charge is -2.08. The summed E-state index contributed by atoms with van der Waals surface area (Å²) in [4.78, 5) is 20.3. The van der Waals surface area contributed by atoms with Crippen molar-refractivity contribution in [3.05, 3.63) is 48.0 Å². The number of fused-ring (bicyclic) bond motifs is 1. The Hall–Kier alpha value is -2.47. The van der Waals surface area contributed by atoms with Crippen LogP contribution in [0.4, 0.5) is 0 Å². The largest absolute Gasteiger partial charge is 0.497 e. The van der Waals surface area contributed by atoms with Crippen LogP contribution < -0.4 is 9.47 Å². The average Bonchev–Trinajstić information content (AvgIpc) is 3.02. The number of aromatic amines is 1. The van der Waals surface area contributed by atoms with Crippen LogP contribution in [0.3, 0.4) is 0 Å². The minimum absolute atomic E-state index is 0.0562. The van der Waals surface area contributed by atoms with Crippen LogP contribution in [0.1, 0.15) is 17.3 Å². The van der Waals surface area contributed by atoms with Gasteiger partial charge in [0.25, 0.3) is 0 Å². The third-order valence-corrected chi connectivity index (χ3v) is 4.68. The molecule has 0 spiro atoms. The Bertz CT molecular complexity index is 858. The maximum Gasteiger partial charge on any atom is 0.175 e. The van der Waals surface area contributed by atoms with Crippen LogP contribution in [0.2, 0.25) is 0 Å². The number of carbonyl (C=O) groups excluding carboxylic acids is 1. The normalized spacial score (nSPS) is 12.1. The molecule has 6 heteroatoms. The summed E-state index contributed by atoms with van der Waals surface area (Å²) in [5.74, 6) is 1.56. The molecule has 0 bridgehead atoms. The Balaban J connectivity index is 1.75. The van der Waals surface area contributed by atoms with Crippen molar-refractivity contribution in [2.24, 2.45) is 0 Å². The molecule has 3 rings (SSSR count). The predicted molar refractivity (Wildman–Crippen MR) is 95.3 cm³/mol. The van der Waals surface area contributed by atoms with Gasteiger partial charge in [0.2, 0.25) is 0 Å². The fourth-order valence-corrected chi connectivity index (χ4v) is 3.26. The van der Waals surface area contributed by atoms with Crippen molar-refractivity contribution in [1.82, 2.24) is 9.97 Å². The monoisotopic (exact) mass is 342 g/mol. The van der Waals surface area contributed by atoms with E-state index in [9.17, 15) is 4.79 Å². The molecule has 3 aromatic rings. The lowest BCUT2D eigenvalue weighted by atomic mass is 10.1. The van der Waals surface area contributed by atoms with Gasteiger partial charge in [0.05, 0.1) is 30.5 Å². The van der Waals surface area contributed by atoms with Crippen molar-refractivity contribution < 1.29 is 14.3 Å². The Labute approximate surface area is 144 Å². The topological polar surface area (TPSA) is 64.2 Å². The van der Waals surface area contributed by atoms with Gasteiger partial charge in [0.15, 0.2) is 10.9 Å². The minimum atomic E-state index is -0.249. The number of methoxy groups -OCH3 is 2. The molecule has 0 saturated heterocycles. The standard InChI is InChI=1S/C18H18N2O3S/c1-11(17(21)12-4-6-13(22-2)7-5-12)24-18-19-15-9-8-14(23-3)10-16(15)20-18/h4-11H,1-3H3,(H,19,20). The summed E-state index contributed by atoms with van der Waals surface area (Å²) in [6, 6.07) is 12.8. The van der Waals surface area contributed by atoms with Gasteiger partial charge >= 0.3 is 0 Å². The molecule has 0 aliphatic carbocycles. The van der Waals surface area contributed by atoms with E-state index in [1.54, 1.807) is 38.5 Å². The quantitative estimate of drug-likeness (QED) is 0.543. The molecular formula is C18H18N2O3S. The third kappa shape index (κ3) is 3.38. The Morgan fingerprint density at radius 2 is 1.75 bits per heavy atom. The summed E-state index contributed by atoms with van der Waals surface area (Å²) >= 11 is 1.41. The maximum atomic E-state index is 12.5. The van der Waals surface area contributed by atoms with Crippen molar-refractivity contribution in [1.29, 1.82) is 0 Å². The molecule has 0 aliphatic heterocycles. The van der Waals surface area contributed by atoms with E-state index in [0.717, 1.165) is 22.5 Å². The van der Waals surface area contributed by atoms with E-state index in [1.165, 1.54) is 11.8 Å². The number of H-pyrrole nitrogens is 1. The number of thioether (sulfide) groups is 1. The second-order valence-corrected chi connectivity index (χ2v) is 6.61. The summed E-state index contributed by atoms with van der Waals surface area (Å²) in [7, 11) is 3.23. The van der Waals surface area contributed by atoms with E-state index < -0.39 is 0 Å². The molecule has 0 saturated carbocycles. The lowest BCUT2D eigenvalue weighted by molar-refractivity contribution is 0.0994. The number of aromatic nitrogens is 2. The molecule has 0 amide bonds. The number of imidazole rings is 1. The van der Waals surface area contributed by atoms with Gasteiger partial charge < -0.3 is 14.5 Å². The van der Waals surface area contributed by atoms with Crippen LogP contribution in [0.15, 0.2) is 47.6 Å². The lowest BCUT2D eigenvalue weighted by Crippen LogP contribution is -2.13. The number of Topliss-reactive ketones (excluding diaryl/α,β-unsaturated/α-hetero) is 1. The van der Waals surface area contributed by atoms with Crippen molar-refractivity contribution >= 4 is 28.6 Å². The number of ether oxygens (including phenoxy) is 2. The molecule has 0 radical (unpaired) electrons. The zero-order valence-corrected chi connectivity index (χ0v) is 14.5. The number of ketones is 1. The summed E-state index contributed by atoms with van der Waals surface area (Å²) in [6.07, 6.45) is 0. The van der Waals surface area contributed by atoms with Gasteiger partial charge in [-0.25, -0.2) is 4.98 Å². The molecule has 1 N–H and O–H groups in total. The number of nitrogens with zero attached hydrogens (tertiary/aromatic N) is 1. The second-order valence-electron chi connectivity index (χ2n) is 5.28. The average molecular weight is 342 g/mol. The van der Waals surface area contributed by atoms with Crippen LogP contribution in [0.5, 0.6) is 11.5 Å². The predicted octanol–water partition coefficient (Wildman–Crippen LogP) is 3.94. The Morgan fingerprint density at radius 1 is 1.08 bits per heavy atom. The summed E-state index contributed by atoms with van der Waals surface area (Å²) < 4.78 is 10.3. The van der Waals surface area contributed by atoms with E-state index in [0.29, 0.717) is 10.7 Å². The summed E-state index contributed by atoms with van der Waals surface area (Å²) in [5.41, 5.74) is 2.40. The minimum Gasteiger partial charge on any atom is -0.497 e.